The Morgan fingerprint density at radius 2 is 2.22 bits per heavy atom. The number of halogens is 1. The van der Waals surface area contributed by atoms with Gasteiger partial charge >= 0.3 is 5.97 Å². The van der Waals surface area contributed by atoms with Crippen molar-refractivity contribution in [3.63, 3.8) is 0 Å². The summed E-state index contributed by atoms with van der Waals surface area (Å²) >= 11 is 5.61. The summed E-state index contributed by atoms with van der Waals surface area (Å²) in [6, 6.07) is 3.94. The Morgan fingerprint density at radius 1 is 1.50 bits per heavy atom. The van der Waals surface area contributed by atoms with Crippen LogP contribution in [0.25, 0.3) is 0 Å². The third kappa shape index (κ3) is 4.00. The van der Waals surface area contributed by atoms with Gasteiger partial charge < -0.3 is 15.2 Å². The summed E-state index contributed by atoms with van der Waals surface area (Å²) in [7, 11) is 0. The molecule has 2 N–H and O–H groups in total. The standard InChI is InChI=1S/C12H10ClNO4/c1-2-5-14-11(16)7-18-12(17)9-4-3-8(13)6-10(9)15/h1,3-4,6,15H,5,7H2,(H,14,16). The fraction of sp³-hybridized carbons (Fsp3) is 0.167. The summed E-state index contributed by atoms with van der Waals surface area (Å²) < 4.78 is 4.68. The minimum absolute atomic E-state index is 0.0581. The molecule has 0 spiro atoms. The average Bonchev–Trinajstić information content (AvgIpc) is 2.33. The van der Waals surface area contributed by atoms with E-state index >= 15 is 0 Å². The average molecular weight is 268 g/mol. The van der Waals surface area contributed by atoms with Crippen LogP contribution in [0.4, 0.5) is 0 Å². The van der Waals surface area contributed by atoms with E-state index < -0.39 is 18.5 Å². The van der Waals surface area contributed by atoms with E-state index in [1.54, 1.807) is 0 Å². The van der Waals surface area contributed by atoms with Crippen LogP contribution in [0.1, 0.15) is 10.4 Å². The van der Waals surface area contributed by atoms with Crippen LogP contribution in [0, 0.1) is 12.3 Å². The highest BCUT2D eigenvalue weighted by atomic mass is 35.5. The van der Waals surface area contributed by atoms with Gasteiger partial charge in [-0.2, -0.15) is 0 Å². The van der Waals surface area contributed by atoms with Gasteiger partial charge in [0.15, 0.2) is 6.61 Å². The minimum atomic E-state index is -0.819. The monoisotopic (exact) mass is 267 g/mol. The maximum absolute atomic E-state index is 11.5. The molecule has 0 unspecified atom stereocenters. The van der Waals surface area contributed by atoms with Gasteiger partial charge in [-0.3, -0.25) is 4.79 Å². The first-order valence-corrected chi connectivity index (χ1v) is 5.28. The first kappa shape index (κ1) is 13.9. The van der Waals surface area contributed by atoms with Crippen LogP contribution < -0.4 is 5.32 Å². The van der Waals surface area contributed by atoms with Crippen LogP contribution in [0.3, 0.4) is 0 Å². The third-order valence-electron chi connectivity index (χ3n) is 1.90. The van der Waals surface area contributed by atoms with Gasteiger partial charge in [-0.25, -0.2) is 4.79 Å². The Bertz CT molecular complexity index is 507. The maximum Gasteiger partial charge on any atom is 0.342 e. The number of aromatic hydroxyl groups is 1. The van der Waals surface area contributed by atoms with Crippen molar-refractivity contribution in [2.75, 3.05) is 13.2 Å². The molecule has 1 rings (SSSR count). The molecule has 0 radical (unpaired) electrons. The SMILES string of the molecule is C#CCNC(=O)COC(=O)c1ccc(Cl)cc1O. The Hall–Kier alpha value is -2.19. The zero-order valence-electron chi connectivity index (χ0n) is 9.27. The number of ether oxygens (including phenoxy) is 1. The summed E-state index contributed by atoms with van der Waals surface area (Å²) in [6.07, 6.45) is 4.94. The summed E-state index contributed by atoms with van der Waals surface area (Å²) in [5.74, 6) is 0.559. The van der Waals surface area contributed by atoms with Gasteiger partial charge in [0.2, 0.25) is 0 Å². The molecule has 0 aromatic heterocycles. The highest BCUT2D eigenvalue weighted by Gasteiger charge is 2.14. The fourth-order valence-electron chi connectivity index (χ4n) is 1.09. The molecule has 6 heteroatoms. The van der Waals surface area contributed by atoms with Gasteiger partial charge in [0.05, 0.1) is 6.54 Å². The fourth-order valence-corrected chi connectivity index (χ4v) is 1.25. The number of carbonyl (C=O) groups is 2. The summed E-state index contributed by atoms with van der Waals surface area (Å²) in [5, 5.41) is 12.1. The first-order valence-electron chi connectivity index (χ1n) is 4.90. The number of amides is 1. The Kier molecular flexibility index (Phi) is 5.03. The third-order valence-corrected chi connectivity index (χ3v) is 2.14. The molecule has 0 atom stereocenters. The smallest absolute Gasteiger partial charge is 0.342 e. The van der Waals surface area contributed by atoms with Gasteiger partial charge in [-0.05, 0) is 18.2 Å². The zero-order chi connectivity index (χ0) is 13.5. The maximum atomic E-state index is 11.5. The zero-order valence-corrected chi connectivity index (χ0v) is 10.0. The molecule has 1 aromatic carbocycles. The predicted octanol–water partition coefficient (Wildman–Crippen LogP) is 0.952. The van der Waals surface area contributed by atoms with Crippen molar-refractivity contribution < 1.29 is 19.4 Å². The Labute approximate surface area is 109 Å². The van der Waals surface area contributed by atoms with E-state index in [4.69, 9.17) is 18.0 Å². The normalized spacial score (nSPS) is 9.33. The molecule has 0 aliphatic carbocycles. The molecule has 0 bridgehead atoms. The van der Waals surface area contributed by atoms with Crippen molar-refractivity contribution in [2.24, 2.45) is 0 Å². The van der Waals surface area contributed by atoms with Gasteiger partial charge in [-0.15, -0.1) is 6.42 Å². The molecule has 94 valence electrons. The van der Waals surface area contributed by atoms with Crippen molar-refractivity contribution in [2.45, 2.75) is 0 Å². The molecule has 18 heavy (non-hydrogen) atoms. The molecule has 0 saturated carbocycles. The van der Waals surface area contributed by atoms with E-state index in [9.17, 15) is 14.7 Å². The van der Waals surface area contributed by atoms with Crippen molar-refractivity contribution in [3.8, 4) is 18.1 Å². The summed E-state index contributed by atoms with van der Waals surface area (Å²) in [6.45, 7) is -0.412. The first-order chi connectivity index (χ1) is 8.54. The lowest BCUT2D eigenvalue weighted by molar-refractivity contribution is -0.123. The molecule has 0 fully saturated rings. The Balaban J connectivity index is 2.56. The quantitative estimate of drug-likeness (QED) is 0.629. The lowest BCUT2D eigenvalue weighted by Crippen LogP contribution is -2.29. The van der Waals surface area contributed by atoms with Gasteiger partial charge in [0.25, 0.3) is 5.91 Å². The second-order valence-corrected chi connectivity index (χ2v) is 3.65. The van der Waals surface area contributed by atoms with Gasteiger partial charge in [-0.1, -0.05) is 17.5 Å². The van der Waals surface area contributed by atoms with E-state index in [-0.39, 0.29) is 22.9 Å². The molecule has 1 amide bonds. The van der Waals surface area contributed by atoms with Crippen molar-refractivity contribution >= 4 is 23.5 Å². The van der Waals surface area contributed by atoms with E-state index in [1.165, 1.54) is 18.2 Å². The largest absolute Gasteiger partial charge is 0.507 e. The number of terminal acetylenes is 1. The Morgan fingerprint density at radius 3 is 2.83 bits per heavy atom. The van der Waals surface area contributed by atoms with Crippen LogP contribution in [0.5, 0.6) is 5.75 Å². The van der Waals surface area contributed by atoms with Gasteiger partial charge in [0, 0.05) is 5.02 Å². The predicted molar refractivity (Wildman–Crippen MR) is 65.2 cm³/mol. The van der Waals surface area contributed by atoms with E-state index in [1.807, 2.05) is 0 Å². The van der Waals surface area contributed by atoms with Crippen molar-refractivity contribution in [1.29, 1.82) is 0 Å². The molecular formula is C12H10ClNO4. The summed E-state index contributed by atoms with van der Waals surface area (Å²) in [5.41, 5.74) is -0.0656. The number of carbonyl (C=O) groups excluding carboxylic acids is 2. The van der Waals surface area contributed by atoms with E-state index in [0.29, 0.717) is 0 Å². The van der Waals surface area contributed by atoms with Crippen LogP contribution in [0.2, 0.25) is 5.02 Å². The van der Waals surface area contributed by atoms with Crippen LogP contribution >= 0.6 is 11.6 Å². The molecule has 1 aromatic rings. The number of benzene rings is 1. The number of phenols is 1. The summed E-state index contributed by atoms with van der Waals surface area (Å²) in [4.78, 5) is 22.6. The number of nitrogens with one attached hydrogen (secondary N) is 1. The number of hydrogen-bond acceptors (Lipinski definition) is 4. The molecule has 0 aliphatic rings. The number of hydrogen-bond donors (Lipinski definition) is 2. The molecule has 0 aliphatic heterocycles. The van der Waals surface area contributed by atoms with Crippen LogP contribution in [0.15, 0.2) is 18.2 Å². The van der Waals surface area contributed by atoms with Crippen molar-refractivity contribution in [3.05, 3.63) is 28.8 Å². The minimum Gasteiger partial charge on any atom is -0.507 e. The van der Waals surface area contributed by atoms with Gasteiger partial charge in [0.1, 0.15) is 11.3 Å². The number of esters is 1. The molecule has 5 nitrogen and oxygen atoms in total. The van der Waals surface area contributed by atoms with E-state index in [2.05, 4.69) is 16.0 Å². The second-order valence-electron chi connectivity index (χ2n) is 3.22. The molecule has 0 heterocycles. The topological polar surface area (TPSA) is 75.6 Å². The van der Waals surface area contributed by atoms with Crippen LogP contribution in [-0.4, -0.2) is 30.1 Å². The number of rotatable bonds is 4. The lowest BCUT2D eigenvalue weighted by Gasteiger charge is -2.06. The molecule has 0 saturated heterocycles. The highest BCUT2D eigenvalue weighted by molar-refractivity contribution is 6.30. The van der Waals surface area contributed by atoms with Crippen molar-refractivity contribution in [1.82, 2.24) is 5.32 Å². The highest BCUT2D eigenvalue weighted by Crippen LogP contribution is 2.22. The van der Waals surface area contributed by atoms with Crippen LogP contribution in [-0.2, 0) is 9.53 Å². The molecular weight excluding hydrogens is 258 g/mol. The lowest BCUT2D eigenvalue weighted by atomic mass is 10.2. The van der Waals surface area contributed by atoms with E-state index in [0.717, 1.165) is 0 Å². The second kappa shape index (κ2) is 6.52. The number of phenolic OH excluding ortho intramolecular Hbond substituents is 1.